The SMILES string of the molecule is O=C1CCCN(Cc2c(Cl)cccc2Cl)C1. The molecule has 0 saturated carbocycles. The first kappa shape index (κ1) is 11.9. The van der Waals surface area contributed by atoms with Gasteiger partial charge in [-0.2, -0.15) is 0 Å². The number of carbonyl (C=O) groups excluding carboxylic acids is 1. The first-order valence-electron chi connectivity index (χ1n) is 5.34. The lowest BCUT2D eigenvalue weighted by molar-refractivity contribution is -0.122. The van der Waals surface area contributed by atoms with Crippen LogP contribution in [0.25, 0.3) is 0 Å². The zero-order valence-electron chi connectivity index (χ0n) is 8.88. The fourth-order valence-electron chi connectivity index (χ4n) is 1.95. The van der Waals surface area contributed by atoms with Gasteiger partial charge in [0.15, 0.2) is 0 Å². The van der Waals surface area contributed by atoms with Crippen LogP contribution in [0.5, 0.6) is 0 Å². The maximum absolute atomic E-state index is 11.3. The Bertz CT molecular complexity index is 386. The molecule has 0 aliphatic carbocycles. The Morgan fingerprint density at radius 3 is 2.56 bits per heavy atom. The van der Waals surface area contributed by atoms with E-state index in [1.54, 1.807) is 0 Å². The first-order valence-corrected chi connectivity index (χ1v) is 6.09. The summed E-state index contributed by atoms with van der Waals surface area (Å²) in [5.74, 6) is 0.300. The summed E-state index contributed by atoms with van der Waals surface area (Å²) in [4.78, 5) is 13.4. The van der Waals surface area contributed by atoms with Crippen LogP contribution in [0.3, 0.4) is 0 Å². The second-order valence-corrected chi connectivity index (χ2v) is 4.87. The highest BCUT2D eigenvalue weighted by atomic mass is 35.5. The lowest BCUT2D eigenvalue weighted by Gasteiger charge is -2.26. The van der Waals surface area contributed by atoms with Crippen LogP contribution in [0.4, 0.5) is 0 Å². The maximum Gasteiger partial charge on any atom is 0.146 e. The average molecular weight is 258 g/mol. The zero-order chi connectivity index (χ0) is 11.5. The van der Waals surface area contributed by atoms with E-state index in [0.29, 0.717) is 35.3 Å². The number of rotatable bonds is 2. The van der Waals surface area contributed by atoms with E-state index in [0.717, 1.165) is 18.5 Å². The van der Waals surface area contributed by atoms with Crippen LogP contribution in [-0.2, 0) is 11.3 Å². The van der Waals surface area contributed by atoms with Crippen molar-refractivity contribution >= 4 is 29.0 Å². The van der Waals surface area contributed by atoms with Crippen LogP contribution in [0.1, 0.15) is 18.4 Å². The Labute approximate surface area is 105 Å². The molecular weight excluding hydrogens is 245 g/mol. The Hall–Kier alpha value is -0.570. The van der Waals surface area contributed by atoms with Crippen molar-refractivity contribution in [3.05, 3.63) is 33.8 Å². The normalized spacial score (nSPS) is 17.8. The molecule has 0 spiro atoms. The fourth-order valence-corrected chi connectivity index (χ4v) is 2.47. The summed E-state index contributed by atoms with van der Waals surface area (Å²) < 4.78 is 0. The van der Waals surface area contributed by atoms with E-state index in [1.165, 1.54) is 0 Å². The van der Waals surface area contributed by atoms with Gasteiger partial charge in [-0.1, -0.05) is 29.3 Å². The van der Waals surface area contributed by atoms with Crippen LogP contribution in [-0.4, -0.2) is 23.8 Å². The van der Waals surface area contributed by atoms with Crippen LogP contribution in [0.2, 0.25) is 10.0 Å². The van der Waals surface area contributed by atoms with E-state index in [2.05, 4.69) is 4.90 Å². The minimum atomic E-state index is 0.300. The smallest absolute Gasteiger partial charge is 0.146 e. The Morgan fingerprint density at radius 2 is 1.94 bits per heavy atom. The van der Waals surface area contributed by atoms with Crippen LogP contribution in [0, 0.1) is 0 Å². The summed E-state index contributed by atoms with van der Waals surface area (Å²) >= 11 is 12.2. The number of carbonyl (C=O) groups is 1. The number of halogens is 2. The third-order valence-corrected chi connectivity index (χ3v) is 3.48. The molecule has 1 heterocycles. The molecule has 0 unspecified atom stereocenters. The molecule has 1 aromatic carbocycles. The van der Waals surface area contributed by atoms with Gasteiger partial charge in [-0.25, -0.2) is 0 Å². The van der Waals surface area contributed by atoms with Gasteiger partial charge in [0.2, 0.25) is 0 Å². The summed E-state index contributed by atoms with van der Waals surface area (Å²) in [6.07, 6.45) is 1.63. The van der Waals surface area contributed by atoms with Crippen LogP contribution in [0.15, 0.2) is 18.2 Å². The molecule has 1 aliphatic rings. The van der Waals surface area contributed by atoms with Gasteiger partial charge in [0.1, 0.15) is 5.78 Å². The quantitative estimate of drug-likeness (QED) is 0.812. The van der Waals surface area contributed by atoms with Crippen molar-refractivity contribution in [2.75, 3.05) is 13.1 Å². The third kappa shape index (κ3) is 2.76. The highest BCUT2D eigenvalue weighted by Gasteiger charge is 2.18. The Kier molecular flexibility index (Phi) is 3.85. The molecule has 1 fully saturated rings. The first-order chi connectivity index (χ1) is 7.66. The van der Waals surface area contributed by atoms with Crippen LogP contribution >= 0.6 is 23.2 Å². The van der Waals surface area contributed by atoms with E-state index in [9.17, 15) is 4.79 Å². The fraction of sp³-hybridized carbons (Fsp3) is 0.417. The van der Waals surface area contributed by atoms with Crippen molar-refractivity contribution in [3.63, 3.8) is 0 Å². The van der Waals surface area contributed by atoms with Gasteiger partial charge in [-0.15, -0.1) is 0 Å². The molecule has 16 heavy (non-hydrogen) atoms. The second-order valence-electron chi connectivity index (χ2n) is 4.05. The number of piperidine rings is 1. The number of hydrogen-bond acceptors (Lipinski definition) is 2. The molecule has 0 amide bonds. The second kappa shape index (κ2) is 5.17. The van der Waals surface area contributed by atoms with Crippen molar-refractivity contribution in [2.24, 2.45) is 0 Å². The molecule has 1 saturated heterocycles. The summed E-state index contributed by atoms with van der Waals surface area (Å²) in [5.41, 5.74) is 0.917. The molecule has 2 nitrogen and oxygen atoms in total. The monoisotopic (exact) mass is 257 g/mol. The van der Waals surface area contributed by atoms with E-state index >= 15 is 0 Å². The molecule has 1 aliphatic heterocycles. The summed E-state index contributed by atoms with van der Waals surface area (Å²) in [6.45, 7) is 2.11. The number of hydrogen-bond donors (Lipinski definition) is 0. The van der Waals surface area contributed by atoms with Crippen molar-refractivity contribution in [2.45, 2.75) is 19.4 Å². The standard InChI is InChI=1S/C12H13Cl2NO/c13-11-4-1-5-12(14)10(11)8-15-6-2-3-9(16)7-15/h1,4-5H,2-3,6-8H2. The van der Waals surface area contributed by atoms with Crippen molar-refractivity contribution < 1.29 is 4.79 Å². The van der Waals surface area contributed by atoms with Gasteiger partial charge in [-0.3, -0.25) is 9.69 Å². The molecule has 4 heteroatoms. The number of likely N-dealkylation sites (tertiary alicyclic amines) is 1. The predicted octanol–water partition coefficient (Wildman–Crippen LogP) is 3.16. The molecule has 86 valence electrons. The van der Waals surface area contributed by atoms with E-state index in [4.69, 9.17) is 23.2 Å². The van der Waals surface area contributed by atoms with Gasteiger partial charge < -0.3 is 0 Å². The van der Waals surface area contributed by atoms with Gasteiger partial charge in [0.05, 0.1) is 6.54 Å². The molecule has 2 rings (SSSR count). The largest absolute Gasteiger partial charge is 0.298 e. The Balaban J connectivity index is 2.11. The minimum Gasteiger partial charge on any atom is -0.298 e. The average Bonchev–Trinajstić information content (AvgIpc) is 2.24. The number of ketones is 1. The maximum atomic E-state index is 11.3. The zero-order valence-corrected chi connectivity index (χ0v) is 10.4. The van der Waals surface area contributed by atoms with Crippen molar-refractivity contribution in [1.29, 1.82) is 0 Å². The molecule has 1 aromatic rings. The van der Waals surface area contributed by atoms with Gasteiger partial charge in [-0.05, 0) is 25.1 Å². The Morgan fingerprint density at radius 1 is 1.25 bits per heavy atom. The highest BCUT2D eigenvalue weighted by Crippen LogP contribution is 2.26. The number of nitrogens with zero attached hydrogens (tertiary/aromatic N) is 1. The molecule has 0 aromatic heterocycles. The summed E-state index contributed by atoms with van der Waals surface area (Å²) in [6, 6.07) is 5.48. The summed E-state index contributed by atoms with van der Waals surface area (Å²) in [5, 5.41) is 1.34. The lowest BCUT2D eigenvalue weighted by atomic mass is 10.1. The van der Waals surface area contributed by atoms with E-state index in [-0.39, 0.29) is 0 Å². The van der Waals surface area contributed by atoms with Crippen LogP contribution < -0.4 is 0 Å². The highest BCUT2D eigenvalue weighted by molar-refractivity contribution is 6.35. The van der Waals surface area contributed by atoms with Gasteiger partial charge >= 0.3 is 0 Å². The number of Topliss-reactive ketones (excluding diaryl/α,β-unsaturated/α-hetero) is 1. The van der Waals surface area contributed by atoms with Gasteiger partial charge in [0, 0.05) is 28.6 Å². The van der Waals surface area contributed by atoms with Crippen molar-refractivity contribution in [1.82, 2.24) is 4.90 Å². The molecular formula is C12H13Cl2NO. The molecule has 0 radical (unpaired) electrons. The lowest BCUT2D eigenvalue weighted by Crippen LogP contribution is -2.35. The summed E-state index contributed by atoms with van der Waals surface area (Å²) in [7, 11) is 0. The van der Waals surface area contributed by atoms with Crippen molar-refractivity contribution in [3.8, 4) is 0 Å². The third-order valence-electron chi connectivity index (χ3n) is 2.77. The molecule has 0 N–H and O–H groups in total. The van der Waals surface area contributed by atoms with Gasteiger partial charge in [0.25, 0.3) is 0 Å². The molecule has 0 bridgehead atoms. The van der Waals surface area contributed by atoms with E-state index in [1.807, 2.05) is 18.2 Å². The predicted molar refractivity (Wildman–Crippen MR) is 66.0 cm³/mol. The molecule has 0 atom stereocenters. The number of benzene rings is 1. The van der Waals surface area contributed by atoms with E-state index < -0.39 is 0 Å². The minimum absolute atomic E-state index is 0.300. The topological polar surface area (TPSA) is 20.3 Å².